The standard InChI is InChI=1S/C26H27FN4O3/c1-33-21-8-4-19(5-9-21)26(32)31-11-10-23-22(17-31)25(30-12-14-34-15-13-30)29-24(28-23)16-18-2-6-20(27)7-3-18/h2-9H,10-17H2,1H3. The van der Waals surface area contributed by atoms with Crippen LogP contribution in [0.2, 0.25) is 0 Å². The Morgan fingerprint density at radius 2 is 1.76 bits per heavy atom. The van der Waals surface area contributed by atoms with Crippen molar-refractivity contribution < 1.29 is 18.7 Å². The number of anilines is 1. The number of carbonyl (C=O) groups excluding carboxylic acids is 1. The number of nitrogens with zero attached hydrogens (tertiary/aromatic N) is 4. The summed E-state index contributed by atoms with van der Waals surface area (Å²) in [6.07, 6.45) is 1.19. The number of benzene rings is 2. The smallest absolute Gasteiger partial charge is 0.254 e. The van der Waals surface area contributed by atoms with Gasteiger partial charge in [0.2, 0.25) is 0 Å². The Morgan fingerprint density at radius 3 is 2.47 bits per heavy atom. The Kier molecular flexibility index (Phi) is 6.40. The van der Waals surface area contributed by atoms with Crippen LogP contribution in [-0.4, -0.2) is 60.7 Å². The number of aromatic nitrogens is 2. The zero-order chi connectivity index (χ0) is 23.5. The molecular weight excluding hydrogens is 435 g/mol. The topological polar surface area (TPSA) is 67.8 Å². The van der Waals surface area contributed by atoms with E-state index in [2.05, 4.69) is 4.90 Å². The Labute approximate surface area is 198 Å². The van der Waals surface area contributed by atoms with Gasteiger partial charge in [-0.3, -0.25) is 4.79 Å². The summed E-state index contributed by atoms with van der Waals surface area (Å²) in [6.45, 7) is 3.82. The largest absolute Gasteiger partial charge is 0.497 e. The van der Waals surface area contributed by atoms with Crippen LogP contribution in [0.3, 0.4) is 0 Å². The number of morpholine rings is 1. The van der Waals surface area contributed by atoms with Gasteiger partial charge in [0.25, 0.3) is 5.91 Å². The van der Waals surface area contributed by atoms with Crippen molar-refractivity contribution in [2.45, 2.75) is 19.4 Å². The Hall–Kier alpha value is -3.52. The zero-order valence-electron chi connectivity index (χ0n) is 19.2. The minimum atomic E-state index is -0.259. The average molecular weight is 463 g/mol. The summed E-state index contributed by atoms with van der Waals surface area (Å²) >= 11 is 0. The molecule has 1 amide bonds. The number of hydrogen-bond acceptors (Lipinski definition) is 6. The van der Waals surface area contributed by atoms with Gasteiger partial charge in [-0.25, -0.2) is 14.4 Å². The molecule has 2 aliphatic rings. The van der Waals surface area contributed by atoms with Crippen LogP contribution in [-0.2, 0) is 24.1 Å². The van der Waals surface area contributed by atoms with Gasteiger partial charge in [-0.15, -0.1) is 0 Å². The number of hydrogen-bond donors (Lipinski definition) is 0. The highest BCUT2D eigenvalue weighted by molar-refractivity contribution is 5.94. The third-order valence-corrected chi connectivity index (χ3v) is 6.30. The van der Waals surface area contributed by atoms with Crippen molar-refractivity contribution in [1.82, 2.24) is 14.9 Å². The molecule has 1 aromatic heterocycles. The van der Waals surface area contributed by atoms with E-state index in [-0.39, 0.29) is 11.7 Å². The summed E-state index contributed by atoms with van der Waals surface area (Å²) in [4.78, 5) is 27.1. The first-order valence-corrected chi connectivity index (χ1v) is 11.5. The molecule has 0 saturated carbocycles. The lowest BCUT2D eigenvalue weighted by Gasteiger charge is -2.34. The second-order valence-electron chi connectivity index (χ2n) is 8.50. The molecule has 34 heavy (non-hydrogen) atoms. The molecule has 0 unspecified atom stereocenters. The first-order chi connectivity index (χ1) is 16.6. The molecule has 3 aromatic rings. The molecule has 0 aliphatic carbocycles. The van der Waals surface area contributed by atoms with Gasteiger partial charge < -0.3 is 19.3 Å². The maximum atomic E-state index is 13.3. The van der Waals surface area contributed by atoms with E-state index in [1.165, 1.54) is 12.1 Å². The van der Waals surface area contributed by atoms with Gasteiger partial charge in [0, 0.05) is 43.6 Å². The number of halogens is 1. The Balaban J connectivity index is 1.44. The fourth-order valence-electron chi connectivity index (χ4n) is 4.44. The van der Waals surface area contributed by atoms with Crippen molar-refractivity contribution in [2.75, 3.05) is 44.9 Å². The molecule has 8 heteroatoms. The summed E-state index contributed by atoms with van der Waals surface area (Å²) in [7, 11) is 1.61. The van der Waals surface area contributed by atoms with Gasteiger partial charge in [-0.1, -0.05) is 12.1 Å². The Morgan fingerprint density at radius 1 is 1.03 bits per heavy atom. The molecule has 1 fully saturated rings. The van der Waals surface area contributed by atoms with Crippen LogP contribution in [0.15, 0.2) is 48.5 Å². The summed E-state index contributed by atoms with van der Waals surface area (Å²) in [5, 5.41) is 0. The molecule has 0 bridgehead atoms. The van der Waals surface area contributed by atoms with Crippen LogP contribution in [0, 0.1) is 5.82 Å². The van der Waals surface area contributed by atoms with Crippen LogP contribution in [0.4, 0.5) is 10.2 Å². The fraction of sp³-hybridized carbons (Fsp3) is 0.346. The minimum Gasteiger partial charge on any atom is -0.497 e. The quantitative estimate of drug-likeness (QED) is 0.580. The lowest BCUT2D eigenvalue weighted by atomic mass is 10.0. The van der Waals surface area contributed by atoms with Crippen LogP contribution >= 0.6 is 0 Å². The highest BCUT2D eigenvalue weighted by Gasteiger charge is 2.29. The molecule has 2 aromatic carbocycles. The first-order valence-electron chi connectivity index (χ1n) is 11.5. The minimum absolute atomic E-state index is 0.0170. The highest BCUT2D eigenvalue weighted by atomic mass is 19.1. The second kappa shape index (κ2) is 9.77. The Bertz CT molecular complexity index is 1160. The lowest BCUT2D eigenvalue weighted by molar-refractivity contribution is 0.0732. The number of amides is 1. The average Bonchev–Trinajstić information content (AvgIpc) is 2.89. The summed E-state index contributed by atoms with van der Waals surface area (Å²) < 4.78 is 24.1. The van der Waals surface area contributed by atoms with Crippen LogP contribution in [0.1, 0.15) is 33.0 Å². The maximum Gasteiger partial charge on any atom is 0.254 e. The van der Waals surface area contributed by atoms with E-state index in [0.29, 0.717) is 50.5 Å². The van der Waals surface area contributed by atoms with Crippen molar-refractivity contribution in [2.24, 2.45) is 0 Å². The molecule has 5 rings (SSSR count). The van der Waals surface area contributed by atoms with E-state index >= 15 is 0 Å². The summed E-state index contributed by atoms with van der Waals surface area (Å²) in [6, 6.07) is 13.6. The van der Waals surface area contributed by atoms with Gasteiger partial charge in [0.15, 0.2) is 0 Å². The monoisotopic (exact) mass is 462 g/mol. The molecular formula is C26H27FN4O3. The van der Waals surface area contributed by atoms with Crippen LogP contribution < -0.4 is 9.64 Å². The third-order valence-electron chi connectivity index (χ3n) is 6.30. The fourth-order valence-corrected chi connectivity index (χ4v) is 4.44. The lowest BCUT2D eigenvalue weighted by Crippen LogP contribution is -2.41. The van der Waals surface area contributed by atoms with Crippen LogP contribution in [0.5, 0.6) is 5.75 Å². The molecule has 7 nitrogen and oxygen atoms in total. The predicted octanol–water partition coefficient (Wildman–Crippen LogP) is 3.25. The van der Waals surface area contributed by atoms with Crippen molar-refractivity contribution in [3.63, 3.8) is 0 Å². The van der Waals surface area contributed by atoms with E-state index < -0.39 is 0 Å². The molecule has 0 atom stereocenters. The molecule has 1 saturated heterocycles. The molecule has 0 spiro atoms. The van der Waals surface area contributed by atoms with Crippen molar-refractivity contribution in [1.29, 1.82) is 0 Å². The van der Waals surface area contributed by atoms with Gasteiger partial charge in [-0.2, -0.15) is 0 Å². The number of ether oxygens (including phenoxy) is 2. The van der Waals surface area contributed by atoms with Gasteiger partial charge in [0.05, 0.1) is 32.6 Å². The van der Waals surface area contributed by atoms with Gasteiger partial charge in [0.1, 0.15) is 23.2 Å². The maximum absolute atomic E-state index is 13.3. The predicted molar refractivity (Wildman–Crippen MR) is 126 cm³/mol. The second-order valence-corrected chi connectivity index (χ2v) is 8.50. The number of carbonyl (C=O) groups is 1. The molecule has 2 aliphatic heterocycles. The van der Waals surface area contributed by atoms with E-state index in [0.717, 1.165) is 41.5 Å². The molecule has 3 heterocycles. The summed E-state index contributed by atoms with van der Waals surface area (Å²) in [5.41, 5.74) is 3.57. The zero-order valence-corrected chi connectivity index (χ0v) is 19.2. The van der Waals surface area contributed by atoms with E-state index in [1.54, 1.807) is 43.5 Å². The molecule has 176 valence electrons. The van der Waals surface area contributed by atoms with E-state index in [1.807, 2.05) is 4.90 Å². The van der Waals surface area contributed by atoms with Crippen molar-refractivity contribution in [3.8, 4) is 5.75 Å². The number of fused-ring (bicyclic) bond motifs is 1. The van der Waals surface area contributed by atoms with Crippen molar-refractivity contribution >= 4 is 11.7 Å². The normalized spacial score (nSPS) is 15.7. The van der Waals surface area contributed by atoms with Gasteiger partial charge in [-0.05, 0) is 42.0 Å². The highest BCUT2D eigenvalue weighted by Crippen LogP contribution is 2.29. The number of rotatable bonds is 5. The van der Waals surface area contributed by atoms with Crippen molar-refractivity contribution in [3.05, 3.63) is 82.6 Å². The molecule has 0 N–H and O–H groups in total. The van der Waals surface area contributed by atoms with E-state index in [4.69, 9.17) is 19.4 Å². The first kappa shape index (κ1) is 22.3. The summed E-state index contributed by atoms with van der Waals surface area (Å²) in [5.74, 6) is 2.03. The third kappa shape index (κ3) is 4.72. The number of methoxy groups -OCH3 is 1. The van der Waals surface area contributed by atoms with Crippen LogP contribution in [0.25, 0.3) is 0 Å². The molecule has 0 radical (unpaired) electrons. The van der Waals surface area contributed by atoms with E-state index in [9.17, 15) is 9.18 Å². The van der Waals surface area contributed by atoms with Gasteiger partial charge >= 0.3 is 0 Å². The SMILES string of the molecule is COc1ccc(C(=O)N2CCc3nc(Cc4ccc(F)cc4)nc(N4CCOCC4)c3C2)cc1.